The van der Waals surface area contributed by atoms with Crippen LogP contribution in [-0.2, 0) is 0 Å². The summed E-state index contributed by atoms with van der Waals surface area (Å²) in [6.07, 6.45) is 5.47. The molecule has 0 amide bonds. The van der Waals surface area contributed by atoms with E-state index in [1.807, 2.05) is 0 Å². The summed E-state index contributed by atoms with van der Waals surface area (Å²) in [5.74, 6) is 2.05. The second-order valence-corrected chi connectivity index (χ2v) is 3.66. The third kappa shape index (κ3) is 1.58. The molecule has 1 saturated carbocycles. The molecule has 9 heavy (non-hydrogen) atoms. The zero-order valence-corrected chi connectivity index (χ0v) is 7.43. The van der Waals surface area contributed by atoms with Gasteiger partial charge in [-0.2, -0.15) is 25.3 Å². The van der Waals surface area contributed by atoms with Gasteiger partial charge in [-0.1, -0.05) is 12.8 Å². The van der Waals surface area contributed by atoms with Crippen molar-refractivity contribution in [3.8, 4) is 0 Å². The van der Waals surface area contributed by atoms with E-state index in [1.54, 1.807) is 0 Å². The van der Waals surface area contributed by atoms with E-state index in [1.165, 1.54) is 25.7 Å². The lowest BCUT2D eigenvalue weighted by Gasteiger charge is -2.23. The lowest BCUT2D eigenvalue weighted by molar-refractivity contribution is 0.404. The molecule has 0 N–H and O–H groups in total. The van der Waals surface area contributed by atoms with Crippen molar-refractivity contribution in [2.24, 2.45) is 5.41 Å². The highest BCUT2D eigenvalue weighted by Gasteiger charge is 2.30. The van der Waals surface area contributed by atoms with Crippen molar-refractivity contribution >= 4 is 25.3 Å². The van der Waals surface area contributed by atoms with Gasteiger partial charge < -0.3 is 0 Å². The molecule has 1 aliphatic carbocycles. The van der Waals surface area contributed by atoms with Crippen LogP contribution in [0.3, 0.4) is 0 Å². The Morgan fingerprint density at radius 1 is 1.00 bits per heavy atom. The molecule has 54 valence electrons. The molecule has 0 unspecified atom stereocenters. The van der Waals surface area contributed by atoms with Crippen molar-refractivity contribution < 1.29 is 0 Å². The molecule has 0 heterocycles. The van der Waals surface area contributed by atoms with E-state index in [9.17, 15) is 0 Å². The number of thiol groups is 2. The van der Waals surface area contributed by atoms with E-state index in [4.69, 9.17) is 0 Å². The van der Waals surface area contributed by atoms with Crippen molar-refractivity contribution in [3.63, 3.8) is 0 Å². The van der Waals surface area contributed by atoms with E-state index in [0.29, 0.717) is 5.41 Å². The van der Waals surface area contributed by atoms with E-state index in [-0.39, 0.29) is 0 Å². The monoisotopic (exact) mass is 162 g/mol. The fourth-order valence-electron chi connectivity index (χ4n) is 1.49. The maximum atomic E-state index is 4.33. The molecule has 1 fully saturated rings. The van der Waals surface area contributed by atoms with Gasteiger partial charge >= 0.3 is 0 Å². The summed E-state index contributed by atoms with van der Waals surface area (Å²) in [5.41, 5.74) is 0.506. The van der Waals surface area contributed by atoms with Crippen LogP contribution in [0.1, 0.15) is 25.7 Å². The Morgan fingerprint density at radius 3 is 1.67 bits per heavy atom. The highest BCUT2D eigenvalue weighted by Crippen LogP contribution is 2.39. The Labute approximate surface area is 68.2 Å². The van der Waals surface area contributed by atoms with Crippen molar-refractivity contribution in [2.75, 3.05) is 11.5 Å². The molecule has 0 spiro atoms. The van der Waals surface area contributed by atoms with Crippen LogP contribution in [0.15, 0.2) is 0 Å². The van der Waals surface area contributed by atoms with Gasteiger partial charge in [-0.25, -0.2) is 0 Å². The smallest absolute Gasteiger partial charge is 0.00334 e. The fourth-order valence-corrected chi connectivity index (χ4v) is 2.52. The average molecular weight is 162 g/mol. The summed E-state index contributed by atoms with van der Waals surface area (Å²) in [7, 11) is 0. The fraction of sp³-hybridized carbons (Fsp3) is 1.00. The van der Waals surface area contributed by atoms with Crippen LogP contribution in [0.2, 0.25) is 0 Å². The van der Waals surface area contributed by atoms with Gasteiger partial charge in [-0.05, 0) is 29.8 Å². The van der Waals surface area contributed by atoms with Gasteiger partial charge in [0.15, 0.2) is 0 Å². The van der Waals surface area contributed by atoms with E-state index >= 15 is 0 Å². The molecular weight excluding hydrogens is 148 g/mol. The first kappa shape index (κ1) is 7.80. The maximum Gasteiger partial charge on any atom is -0.00334 e. The van der Waals surface area contributed by atoms with Gasteiger partial charge in [0.05, 0.1) is 0 Å². The summed E-state index contributed by atoms with van der Waals surface area (Å²) in [6, 6.07) is 0. The van der Waals surface area contributed by atoms with Crippen molar-refractivity contribution in [1.82, 2.24) is 0 Å². The van der Waals surface area contributed by atoms with Gasteiger partial charge in [0.1, 0.15) is 0 Å². The average Bonchev–Trinajstić information content (AvgIpc) is 2.36. The second kappa shape index (κ2) is 3.20. The minimum absolute atomic E-state index is 0.506. The zero-order chi connectivity index (χ0) is 6.74. The normalized spacial score (nSPS) is 24.7. The third-order valence-electron chi connectivity index (χ3n) is 2.34. The largest absolute Gasteiger partial charge is 0.179 e. The highest BCUT2D eigenvalue weighted by atomic mass is 32.1. The molecule has 0 aromatic heterocycles. The summed E-state index contributed by atoms with van der Waals surface area (Å²) in [6.45, 7) is 0. The Bertz CT molecular complexity index is 78.9. The molecule has 0 aromatic rings. The Balaban J connectivity index is 2.45. The SMILES string of the molecule is SCC1(CS)CCCC1. The minimum atomic E-state index is 0.506. The number of hydrogen-bond donors (Lipinski definition) is 2. The number of rotatable bonds is 2. The molecule has 0 aromatic carbocycles. The second-order valence-electron chi connectivity index (χ2n) is 3.02. The molecule has 1 aliphatic rings. The van der Waals surface area contributed by atoms with Gasteiger partial charge in [-0.3, -0.25) is 0 Å². The molecule has 0 bridgehead atoms. The highest BCUT2D eigenvalue weighted by molar-refractivity contribution is 7.81. The summed E-state index contributed by atoms with van der Waals surface area (Å²) >= 11 is 8.67. The molecule has 2 heteroatoms. The summed E-state index contributed by atoms with van der Waals surface area (Å²) in [4.78, 5) is 0. The summed E-state index contributed by atoms with van der Waals surface area (Å²) in [5, 5.41) is 0. The van der Waals surface area contributed by atoms with E-state index < -0.39 is 0 Å². The minimum Gasteiger partial charge on any atom is -0.179 e. The standard InChI is InChI=1S/C7H14S2/c8-5-7(6-9)3-1-2-4-7/h8-9H,1-6H2. The molecule has 0 atom stereocenters. The van der Waals surface area contributed by atoms with Crippen LogP contribution < -0.4 is 0 Å². The molecular formula is C7H14S2. The molecule has 1 rings (SSSR count). The Morgan fingerprint density at radius 2 is 1.44 bits per heavy atom. The quantitative estimate of drug-likeness (QED) is 0.572. The number of hydrogen-bond acceptors (Lipinski definition) is 2. The van der Waals surface area contributed by atoms with Gasteiger partial charge in [-0.15, -0.1) is 0 Å². The van der Waals surface area contributed by atoms with Crippen LogP contribution >= 0.6 is 25.3 Å². The predicted molar refractivity (Wildman–Crippen MR) is 48.6 cm³/mol. The zero-order valence-electron chi connectivity index (χ0n) is 5.64. The van der Waals surface area contributed by atoms with Crippen LogP contribution in [-0.4, -0.2) is 11.5 Å². The first-order valence-corrected chi connectivity index (χ1v) is 4.81. The third-order valence-corrected chi connectivity index (χ3v) is 3.68. The Hall–Kier alpha value is 0.700. The van der Waals surface area contributed by atoms with Gasteiger partial charge in [0, 0.05) is 0 Å². The van der Waals surface area contributed by atoms with E-state index in [0.717, 1.165) is 11.5 Å². The lowest BCUT2D eigenvalue weighted by atomic mass is 9.91. The molecule has 0 radical (unpaired) electrons. The molecule has 0 saturated heterocycles. The maximum absolute atomic E-state index is 4.33. The van der Waals surface area contributed by atoms with Crippen LogP contribution in [0, 0.1) is 5.41 Å². The van der Waals surface area contributed by atoms with Crippen LogP contribution in [0.25, 0.3) is 0 Å². The van der Waals surface area contributed by atoms with Crippen LogP contribution in [0.5, 0.6) is 0 Å². The van der Waals surface area contributed by atoms with Crippen molar-refractivity contribution in [1.29, 1.82) is 0 Å². The first-order chi connectivity index (χ1) is 4.33. The predicted octanol–water partition coefficient (Wildman–Crippen LogP) is 2.41. The van der Waals surface area contributed by atoms with Crippen molar-refractivity contribution in [2.45, 2.75) is 25.7 Å². The van der Waals surface area contributed by atoms with Gasteiger partial charge in [0.2, 0.25) is 0 Å². The van der Waals surface area contributed by atoms with Crippen molar-refractivity contribution in [3.05, 3.63) is 0 Å². The first-order valence-electron chi connectivity index (χ1n) is 3.55. The topological polar surface area (TPSA) is 0 Å². The lowest BCUT2D eigenvalue weighted by Crippen LogP contribution is -2.20. The molecule has 0 nitrogen and oxygen atoms in total. The van der Waals surface area contributed by atoms with E-state index in [2.05, 4.69) is 25.3 Å². The van der Waals surface area contributed by atoms with Crippen LogP contribution in [0.4, 0.5) is 0 Å². The summed E-state index contributed by atoms with van der Waals surface area (Å²) < 4.78 is 0. The van der Waals surface area contributed by atoms with Gasteiger partial charge in [0.25, 0.3) is 0 Å². The Kier molecular flexibility index (Phi) is 2.77. The molecule has 0 aliphatic heterocycles.